The van der Waals surface area contributed by atoms with E-state index in [2.05, 4.69) is 19.2 Å². The van der Waals surface area contributed by atoms with Crippen LogP contribution in [0.5, 0.6) is 0 Å². The predicted molar refractivity (Wildman–Crippen MR) is 62.3 cm³/mol. The van der Waals surface area contributed by atoms with Crippen LogP contribution in [-0.2, 0) is 0 Å². The second kappa shape index (κ2) is 5.72. The van der Waals surface area contributed by atoms with Crippen LogP contribution in [0.3, 0.4) is 0 Å². The molecule has 84 valence electrons. The lowest BCUT2D eigenvalue weighted by Gasteiger charge is -2.41. The smallest absolute Gasteiger partial charge is 0.000783 e. The maximum Gasteiger partial charge on any atom is 0.000783 e. The highest BCUT2D eigenvalue weighted by molar-refractivity contribution is 4.88. The van der Waals surface area contributed by atoms with Crippen molar-refractivity contribution in [1.29, 1.82) is 0 Å². The molecule has 0 amide bonds. The molecule has 1 fully saturated rings. The Labute approximate surface area is 88.6 Å². The summed E-state index contributed by atoms with van der Waals surface area (Å²) in [5.74, 6) is 0.670. The number of rotatable bonds is 7. The highest BCUT2D eigenvalue weighted by Gasteiger charge is 2.34. The first-order valence-electron chi connectivity index (χ1n) is 6.17. The van der Waals surface area contributed by atoms with E-state index in [0.29, 0.717) is 11.3 Å². The quantitative estimate of drug-likeness (QED) is 0.658. The van der Waals surface area contributed by atoms with Crippen molar-refractivity contribution in [2.45, 2.75) is 46.0 Å². The Morgan fingerprint density at radius 2 is 2.07 bits per heavy atom. The molecule has 0 aliphatic heterocycles. The summed E-state index contributed by atoms with van der Waals surface area (Å²) < 4.78 is 0. The Morgan fingerprint density at radius 1 is 1.36 bits per heavy atom. The molecule has 1 aliphatic carbocycles. The first-order valence-corrected chi connectivity index (χ1v) is 6.17. The Bertz CT molecular complexity index is 143. The van der Waals surface area contributed by atoms with Crippen molar-refractivity contribution in [3.8, 4) is 0 Å². The molecule has 0 heterocycles. The van der Waals surface area contributed by atoms with Gasteiger partial charge in [-0.3, -0.25) is 0 Å². The van der Waals surface area contributed by atoms with Gasteiger partial charge in [-0.15, -0.1) is 0 Å². The summed E-state index contributed by atoms with van der Waals surface area (Å²) in [5, 5.41) is 3.60. The summed E-state index contributed by atoms with van der Waals surface area (Å²) in [6, 6.07) is 0. The summed E-state index contributed by atoms with van der Waals surface area (Å²) in [5.41, 5.74) is 6.32. The van der Waals surface area contributed by atoms with E-state index in [9.17, 15) is 0 Å². The SMILES string of the molecule is CCC(CN)CNCC1(CC)CCC1. The molecule has 0 saturated heterocycles. The molecule has 1 atom stereocenters. The Hall–Kier alpha value is -0.0800. The van der Waals surface area contributed by atoms with Crippen molar-refractivity contribution in [3.63, 3.8) is 0 Å². The number of nitrogens with one attached hydrogen (secondary N) is 1. The first kappa shape index (κ1) is 12.0. The highest BCUT2D eigenvalue weighted by Crippen LogP contribution is 2.42. The fourth-order valence-electron chi connectivity index (χ4n) is 2.27. The van der Waals surface area contributed by atoms with Gasteiger partial charge in [0, 0.05) is 6.54 Å². The highest BCUT2D eigenvalue weighted by atomic mass is 14.9. The van der Waals surface area contributed by atoms with Gasteiger partial charge >= 0.3 is 0 Å². The number of hydrogen-bond acceptors (Lipinski definition) is 2. The average Bonchev–Trinajstić information content (AvgIpc) is 2.16. The fourth-order valence-corrected chi connectivity index (χ4v) is 2.27. The number of hydrogen-bond donors (Lipinski definition) is 2. The van der Waals surface area contributed by atoms with Crippen LogP contribution in [0.15, 0.2) is 0 Å². The van der Waals surface area contributed by atoms with Crippen LogP contribution in [0.2, 0.25) is 0 Å². The standard InChI is InChI=1S/C12H26N2/c1-3-11(8-13)9-14-10-12(4-2)6-5-7-12/h11,14H,3-10,13H2,1-2H3. The third-order valence-corrected chi connectivity index (χ3v) is 4.01. The van der Waals surface area contributed by atoms with Gasteiger partial charge in [0.25, 0.3) is 0 Å². The van der Waals surface area contributed by atoms with Gasteiger partial charge in [-0.25, -0.2) is 0 Å². The molecule has 2 heteroatoms. The van der Waals surface area contributed by atoms with Crippen molar-refractivity contribution < 1.29 is 0 Å². The molecule has 0 radical (unpaired) electrons. The van der Waals surface area contributed by atoms with E-state index >= 15 is 0 Å². The second-order valence-electron chi connectivity index (χ2n) is 4.85. The summed E-state index contributed by atoms with van der Waals surface area (Å²) in [4.78, 5) is 0. The lowest BCUT2D eigenvalue weighted by atomic mass is 9.67. The third kappa shape index (κ3) is 2.96. The molecular weight excluding hydrogens is 172 g/mol. The van der Waals surface area contributed by atoms with Gasteiger partial charge in [0.1, 0.15) is 0 Å². The minimum absolute atomic E-state index is 0.646. The number of nitrogens with two attached hydrogens (primary N) is 1. The first-order chi connectivity index (χ1) is 6.76. The van der Waals surface area contributed by atoms with E-state index in [1.807, 2.05) is 0 Å². The predicted octanol–water partition coefficient (Wildman–Crippen LogP) is 2.14. The molecule has 0 spiro atoms. The van der Waals surface area contributed by atoms with Crippen molar-refractivity contribution in [2.24, 2.45) is 17.1 Å². The van der Waals surface area contributed by atoms with Crippen LogP contribution in [0, 0.1) is 11.3 Å². The average molecular weight is 198 g/mol. The summed E-state index contributed by atoms with van der Waals surface area (Å²) in [6.07, 6.45) is 6.82. The van der Waals surface area contributed by atoms with Crippen LogP contribution >= 0.6 is 0 Å². The van der Waals surface area contributed by atoms with Gasteiger partial charge < -0.3 is 11.1 Å². The zero-order valence-corrected chi connectivity index (χ0v) is 9.81. The minimum Gasteiger partial charge on any atom is -0.330 e. The van der Waals surface area contributed by atoms with E-state index < -0.39 is 0 Å². The lowest BCUT2D eigenvalue weighted by Crippen LogP contribution is -2.41. The molecule has 1 aliphatic rings. The largest absolute Gasteiger partial charge is 0.330 e. The van der Waals surface area contributed by atoms with Crippen LogP contribution in [0.25, 0.3) is 0 Å². The minimum atomic E-state index is 0.646. The molecule has 14 heavy (non-hydrogen) atoms. The van der Waals surface area contributed by atoms with Gasteiger partial charge in [-0.1, -0.05) is 26.7 Å². The van der Waals surface area contributed by atoms with Gasteiger partial charge in [0.05, 0.1) is 0 Å². The normalized spacial score (nSPS) is 21.6. The second-order valence-corrected chi connectivity index (χ2v) is 4.85. The van der Waals surface area contributed by atoms with Crippen LogP contribution in [-0.4, -0.2) is 19.6 Å². The van der Waals surface area contributed by atoms with Crippen molar-refractivity contribution in [1.82, 2.24) is 5.32 Å². The Kier molecular flexibility index (Phi) is 4.90. The molecule has 0 aromatic carbocycles. The van der Waals surface area contributed by atoms with Crippen LogP contribution in [0.1, 0.15) is 46.0 Å². The molecule has 1 rings (SSSR count). The van der Waals surface area contributed by atoms with Gasteiger partial charge in [0.15, 0.2) is 0 Å². The van der Waals surface area contributed by atoms with E-state index in [1.54, 1.807) is 0 Å². The van der Waals surface area contributed by atoms with Crippen molar-refractivity contribution in [2.75, 3.05) is 19.6 Å². The molecule has 1 unspecified atom stereocenters. The molecule has 1 saturated carbocycles. The zero-order chi connectivity index (χ0) is 10.4. The van der Waals surface area contributed by atoms with E-state index in [0.717, 1.165) is 13.1 Å². The van der Waals surface area contributed by atoms with Crippen LogP contribution in [0.4, 0.5) is 0 Å². The Balaban J connectivity index is 2.13. The van der Waals surface area contributed by atoms with E-state index in [1.165, 1.54) is 38.6 Å². The molecule has 3 N–H and O–H groups in total. The van der Waals surface area contributed by atoms with Gasteiger partial charge in [-0.2, -0.15) is 0 Å². The molecule has 0 aromatic rings. The maximum absolute atomic E-state index is 5.67. The molecule has 0 aromatic heterocycles. The van der Waals surface area contributed by atoms with Crippen LogP contribution < -0.4 is 11.1 Å². The Morgan fingerprint density at radius 3 is 2.43 bits per heavy atom. The molecular formula is C12H26N2. The monoisotopic (exact) mass is 198 g/mol. The topological polar surface area (TPSA) is 38.0 Å². The molecule has 2 nitrogen and oxygen atoms in total. The van der Waals surface area contributed by atoms with Crippen molar-refractivity contribution >= 4 is 0 Å². The maximum atomic E-state index is 5.67. The summed E-state index contributed by atoms with van der Waals surface area (Å²) in [6.45, 7) is 7.68. The summed E-state index contributed by atoms with van der Waals surface area (Å²) in [7, 11) is 0. The van der Waals surface area contributed by atoms with Crippen molar-refractivity contribution in [3.05, 3.63) is 0 Å². The van der Waals surface area contributed by atoms with Gasteiger partial charge in [-0.05, 0) is 43.7 Å². The summed E-state index contributed by atoms with van der Waals surface area (Å²) >= 11 is 0. The third-order valence-electron chi connectivity index (χ3n) is 4.01. The fraction of sp³-hybridized carbons (Fsp3) is 1.00. The van der Waals surface area contributed by atoms with E-state index in [-0.39, 0.29) is 0 Å². The van der Waals surface area contributed by atoms with E-state index in [4.69, 9.17) is 5.73 Å². The molecule has 0 bridgehead atoms. The zero-order valence-electron chi connectivity index (χ0n) is 9.81. The lowest BCUT2D eigenvalue weighted by molar-refractivity contribution is 0.122. The van der Waals surface area contributed by atoms with Gasteiger partial charge in [0.2, 0.25) is 0 Å².